The quantitative estimate of drug-likeness (QED) is 0.707. The van der Waals surface area contributed by atoms with Crippen molar-refractivity contribution in [1.29, 1.82) is 0 Å². The second-order valence-corrected chi connectivity index (χ2v) is 7.66. The van der Waals surface area contributed by atoms with Crippen LogP contribution >= 0.6 is 0 Å². The minimum absolute atomic E-state index is 0.140. The summed E-state index contributed by atoms with van der Waals surface area (Å²) < 4.78 is 0. The molecular formula is C22H27N3O2+2. The lowest BCUT2D eigenvalue weighted by molar-refractivity contribution is -1.02. The van der Waals surface area contributed by atoms with Gasteiger partial charge >= 0.3 is 0 Å². The fraction of sp³-hybridized carbons (Fsp3) is 0.364. The number of hydrogen-bond donors (Lipinski definition) is 2. The number of carbonyl (C=O) groups is 2. The molecule has 0 unspecified atom stereocenters. The Labute approximate surface area is 160 Å². The van der Waals surface area contributed by atoms with Gasteiger partial charge in [-0.3, -0.25) is 14.5 Å². The van der Waals surface area contributed by atoms with Crippen molar-refractivity contribution in [1.82, 2.24) is 4.90 Å². The molecule has 27 heavy (non-hydrogen) atoms. The number of aryl methyl sites for hydroxylation is 1. The summed E-state index contributed by atoms with van der Waals surface area (Å²) in [4.78, 5) is 29.4. The Morgan fingerprint density at radius 3 is 2.00 bits per heavy atom. The van der Waals surface area contributed by atoms with Crippen molar-refractivity contribution in [2.75, 3.05) is 39.3 Å². The molecule has 0 aromatic heterocycles. The van der Waals surface area contributed by atoms with Crippen molar-refractivity contribution in [2.24, 2.45) is 0 Å². The molecule has 2 aromatic rings. The highest BCUT2D eigenvalue weighted by molar-refractivity contribution is 6.21. The average molecular weight is 365 g/mol. The number of benzene rings is 2. The first-order valence-electron chi connectivity index (χ1n) is 9.80. The molecule has 4 rings (SSSR count). The molecule has 2 amide bonds. The van der Waals surface area contributed by atoms with Gasteiger partial charge in [-0.2, -0.15) is 0 Å². The number of carbonyl (C=O) groups excluding carboxylic acids is 2. The van der Waals surface area contributed by atoms with Gasteiger partial charge in [0.1, 0.15) is 32.7 Å². The standard InChI is InChI=1S/C22H25N3O2/c1-17-6-2-3-7-18(17)16-24-12-10-23(11-13-24)14-15-25-21(26)19-8-4-5-9-20(19)22(25)27/h2-9H,10-16H2,1H3/p+2. The first-order chi connectivity index (χ1) is 13.1. The highest BCUT2D eigenvalue weighted by atomic mass is 16.2. The Hall–Kier alpha value is -2.50. The number of fused-ring (bicyclic) bond motifs is 1. The van der Waals surface area contributed by atoms with Crippen molar-refractivity contribution in [3.63, 3.8) is 0 Å². The molecule has 0 aliphatic carbocycles. The topological polar surface area (TPSA) is 46.3 Å². The van der Waals surface area contributed by atoms with E-state index in [2.05, 4.69) is 31.2 Å². The van der Waals surface area contributed by atoms with Gasteiger partial charge in [0.05, 0.1) is 24.2 Å². The summed E-state index contributed by atoms with van der Waals surface area (Å²) in [7, 11) is 0. The predicted octanol–water partition coefficient (Wildman–Crippen LogP) is -0.425. The minimum Gasteiger partial charge on any atom is -0.324 e. The normalized spacial score (nSPS) is 22.2. The van der Waals surface area contributed by atoms with Gasteiger partial charge < -0.3 is 9.80 Å². The van der Waals surface area contributed by atoms with Gasteiger partial charge in [0.25, 0.3) is 11.8 Å². The second-order valence-electron chi connectivity index (χ2n) is 7.66. The predicted molar refractivity (Wildman–Crippen MR) is 103 cm³/mol. The monoisotopic (exact) mass is 365 g/mol. The molecule has 5 nitrogen and oxygen atoms in total. The molecule has 2 aromatic carbocycles. The Morgan fingerprint density at radius 1 is 0.815 bits per heavy atom. The second kappa shape index (κ2) is 7.62. The summed E-state index contributed by atoms with van der Waals surface area (Å²) in [6.45, 7) is 9.04. The van der Waals surface area contributed by atoms with Crippen LogP contribution in [0.4, 0.5) is 0 Å². The summed E-state index contributed by atoms with van der Waals surface area (Å²) in [5.74, 6) is -0.280. The van der Waals surface area contributed by atoms with E-state index in [1.807, 2.05) is 12.1 Å². The van der Waals surface area contributed by atoms with Crippen LogP contribution in [0, 0.1) is 6.92 Å². The van der Waals surface area contributed by atoms with Crippen LogP contribution in [0.15, 0.2) is 48.5 Å². The van der Waals surface area contributed by atoms with Crippen molar-refractivity contribution in [2.45, 2.75) is 13.5 Å². The zero-order chi connectivity index (χ0) is 18.8. The Kier molecular flexibility index (Phi) is 5.05. The Bertz CT molecular complexity index is 821. The van der Waals surface area contributed by atoms with Gasteiger partial charge in [-0.1, -0.05) is 36.4 Å². The molecule has 0 atom stereocenters. The van der Waals surface area contributed by atoms with Crippen LogP contribution in [0.3, 0.4) is 0 Å². The molecule has 2 heterocycles. The van der Waals surface area contributed by atoms with Gasteiger partial charge in [0, 0.05) is 5.56 Å². The van der Waals surface area contributed by atoms with Crippen LogP contribution in [-0.2, 0) is 6.54 Å². The summed E-state index contributed by atoms with van der Waals surface area (Å²) in [5.41, 5.74) is 3.89. The molecule has 2 aliphatic heterocycles. The van der Waals surface area contributed by atoms with E-state index >= 15 is 0 Å². The SMILES string of the molecule is Cc1ccccc1C[NH+]1CC[NH+](CCN2C(=O)c3ccccc3C2=O)CC1. The maximum Gasteiger partial charge on any atom is 0.261 e. The first kappa shape index (κ1) is 17.9. The van der Waals surface area contributed by atoms with E-state index in [0.29, 0.717) is 17.7 Å². The number of hydrogen-bond acceptors (Lipinski definition) is 2. The number of piperazine rings is 1. The van der Waals surface area contributed by atoms with Crippen molar-refractivity contribution >= 4 is 11.8 Å². The van der Waals surface area contributed by atoms with Crippen LogP contribution in [0.2, 0.25) is 0 Å². The van der Waals surface area contributed by atoms with Crippen molar-refractivity contribution in [3.05, 3.63) is 70.8 Å². The largest absolute Gasteiger partial charge is 0.324 e. The fourth-order valence-electron chi connectivity index (χ4n) is 4.17. The lowest BCUT2D eigenvalue weighted by Gasteiger charge is -2.30. The number of amides is 2. The van der Waals surface area contributed by atoms with Crippen LogP contribution in [0.1, 0.15) is 31.8 Å². The lowest BCUT2D eigenvalue weighted by atomic mass is 10.1. The summed E-state index contributed by atoms with van der Waals surface area (Å²) >= 11 is 0. The Balaban J connectivity index is 1.28. The number of nitrogens with zero attached hydrogens (tertiary/aromatic N) is 1. The summed E-state index contributed by atoms with van der Waals surface area (Å²) in [6.07, 6.45) is 0. The number of rotatable bonds is 5. The lowest BCUT2D eigenvalue weighted by Crippen LogP contribution is -3.27. The zero-order valence-electron chi connectivity index (χ0n) is 15.8. The molecular weight excluding hydrogens is 338 g/mol. The van der Waals surface area contributed by atoms with E-state index in [1.165, 1.54) is 20.9 Å². The maximum absolute atomic E-state index is 12.5. The van der Waals surface area contributed by atoms with Crippen LogP contribution in [-0.4, -0.2) is 56.0 Å². The van der Waals surface area contributed by atoms with Crippen LogP contribution in [0.5, 0.6) is 0 Å². The molecule has 140 valence electrons. The molecule has 0 bridgehead atoms. The third-order valence-corrected chi connectivity index (χ3v) is 5.93. The number of nitrogens with one attached hydrogen (secondary N) is 2. The van der Waals surface area contributed by atoms with Crippen molar-refractivity contribution in [3.8, 4) is 0 Å². The minimum atomic E-state index is -0.140. The third-order valence-electron chi connectivity index (χ3n) is 5.93. The Morgan fingerprint density at radius 2 is 1.37 bits per heavy atom. The van der Waals surface area contributed by atoms with Gasteiger partial charge in [0.2, 0.25) is 0 Å². The summed E-state index contributed by atoms with van der Waals surface area (Å²) in [6, 6.07) is 15.7. The first-order valence-corrected chi connectivity index (χ1v) is 9.80. The highest BCUT2D eigenvalue weighted by Crippen LogP contribution is 2.21. The zero-order valence-corrected chi connectivity index (χ0v) is 15.8. The third kappa shape index (κ3) is 3.66. The highest BCUT2D eigenvalue weighted by Gasteiger charge is 2.36. The van der Waals surface area contributed by atoms with Gasteiger partial charge in [-0.15, -0.1) is 0 Å². The number of imide groups is 1. The van der Waals surface area contributed by atoms with Crippen LogP contribution in [0.25, 0.3) is 0 Å². The molecule has 2 aliphatic rings. The summed E-state index contributed by atoms with van der Waals surface area (Å²) in [5, 5.41) is 0. The molecule has 0 radical (unpaired) electrons. The average Bonchev–Trinajstić information content (AvgIpc) is 2.94. The van der Waals surface area contributed by atoms with E-state index in [-0.39, 0.29) is 11.8 Å². The number of quaternary nitrogens is 2. The van der Waals surface area contributed by atoms with E-state index < -0.39 is 0 Å². The van der Waals surface area contributed by atoms with E-state index in [9.17, 15) is 9.59 Å². The van der Waals surface area contributed by atoms with E-state index in [0.717, 1.165) is 39.3 Å². The molecule has 5 heteroatoms. The van der Waals surface area contributed by atoms with Crippen molar-refractivity contribution < 1.29 is 19.4 Å². The van der Waals surface area contributed by atoms with Gasteiger partial charge in [-0.25, -0.2) is 0 Å². The van der Waals surface area contributed by atoms with Gasteiger partial charge in [-0.05, 0) is 24.6 Å². The maximum atomic E-state index is 12.5. The van der Waals surface area contributed by atoms with E-state index in [1.54, 1.807) is 17.0 Å². The fourth-order valence-corrected chi connectivity index (χ4v) is 4.17. The molecule has 1 saturated heterocycles. The van der Waals surface area contributed by atoms with E-state index in [4.69, 9.17) is 0 Å². The molecule has 0 spiro atoms. The molecule has 1 fully saturated rings. The molecule has 2 N–H and O–H groups in total. The smallest absolute Gasteiger partial charge is 0.261 e. The van der Waals surface area contributed by atoms with Crippen LogP contribution < -0.4 is 9.80 Å². The van der Waals surface area contributed by atoms with Gasteiger partial charge in [0.15, 0.2) is 0 Å². The molecule has 0 saturated carbocycles.